The number of carbonyl (C=O) groups excluding carboxylic acids is 2. The van der Waals surface area contributed by atoms with E-state index >= 15 is 0 Å². The Labute approximate surface area is 174 Å². The SMILES string of the molecule is COC(=O)CC(NC(=O)c1ccc(Oc2cccc(Br)c2)nc1)c1cccs1. The summed E-state index contributed by atoms with van der Waals surface area (Å²) in [5.41, 5.74) is 0.369. The normalized spacial score (nSPS) is 11.5. The van der Waals surface area contributed by atoms with E-state index in [-0.39, 0.29) is 12.3 Å². The number of nitrogens with zero attached hydrogens (tertiary/aromatic N) is 1. The smallest absolute Gasteiger partial charge is 0.307 e. The number of halogens is 1. The van der Waals surface area contributed by atoms with Gasteiger partial charge in [-0.15, -0.1) is 11.3 Å². The Morgan fingerprint density at radius 3 is 2.71 bits per heavy atom. The standard InChI is InChI=1S/C20H17BrN2O4S/c1-26-19(24)11-16(17-6-3-9-28-17)23-20(25)13-7-8-18(22-12-13)27-15-5-2-4-14(21)10-15/h2-10,12,16H,11H2,1H3,(H,23,25). The quantitative estimate of drug-likeness (QED) is 0.515. The molecule has 6 nitrogen and oxygen atoms in total. The van der Waals surface area contributed by atoms with Gasteiger partial charge in [-0.2, -0.15) is 0 Å². The van der Waals surface area contributed by atoms with Gasteiger partial charge in [0.05, 0.1) is 25.1 Å². The number of thiophene rings is 1. The molecular formula is C20H17BrN2O4S. The van der Waals surface area contributed by atoms with Crippen molar-refractivity contribution >= 4 is 39.1 Å². The molecule has 0 fully saturated rings. The molecule has 2 heterocycles. The average Bonchev–Trinajstić information content (AvgIpc) is 3.22. The van der Waals surface area contributed by atoms with E-state index < -0.39 is 12.0 Å². The Kier molecular flexibility index (Phi) is 6.78. The van der Waals surface area contributed by atoms with Crippen molar-refractivity contribution in [3.63, 3.8) is 0 Å². The molecule has 3 rings (SSSR count). The van der Waals surface area contributed by atoms with Crippen LogP contribution >= 0.6 is 27.3 Å². The first-order chi connectivity index (χ1) is 13.5. The Balaban J connectivity index is 1.68. The second-order valence-corrected chi connectivity index (χ2v) is 7.66. The van der Waals surface area contributed by atoms with Crippen LogP contribution in [0, 0.1) is 0 Å². The minimum atomic E-state index is -0.461. The van der Waals surface area contributed by atoms with Crippen LogP contribution in [0.15, 0.2) is 64.6 Å². The summed E-state index contributed by atoms with van der Waals surface area (Å²) in [4.78, 5) is 29.3. The minimum Gasteiger partial charge on any atom is -0.469 e. The van der Waals surface area contributed by atoms with Crippen LogP contribution in [0.2, 0.25) is 0 Å². The van der Waals surface area contributed by atoms with Gasteiger partial charge in [0.15, 0.2) is 0 Å². The summed E-state index contributed by atoms with van der Waals surface area (Å²) < 4.78 is 11.3. The molecule has 0 bridgehead atoms. The molecule has 0 radical (unpaired) electrons. The average molecular weight is 461 g/mol. The van der Waals surface area contributed by atoms with Crippen LogP contribution in [0.25, 0.3) is 0 Å². The summed E-state index contributed by atoms with van der Waals surface area (Å²) in [7, 11) is 1.32. The Bertz CT molecular complexity index is 945. The largest absolute Gasteiger partial charge is 0.469 e. The lowest BCUT2D eigenvalue weighted by molar-refractivity contribution is -0.141. The maximum Gasteiger partial charge on any atom is 0.307 e. The predicted octanol–water partition coefficient (Wildman–Crippen LogP) is 4.73. The van der Waals surface area contributed by atoms with E-state index in [9.17, 15) is 9.59 Å². The summed E-state index contributed by atoms with van der Waals surface area (Å²) in [5, 5.41) is 4.75. The molecule has 0 aliphatic rings. The van der Waals surface area contributed by atoms with E-state index in [1.54, 1.807) is 12.1 Å². The van der Waals surface area contributed by atoms with Crippen molar-refractivity contribution in [3.05, 3.63) is 75.0 Å². The van der Waals surface area contributed by atoms with Crippen LogP contribution in [0.4, 0.5) is 0 Å². The number of amides is 1. The van der Waals surface area contributed by atoms with E-state index in [4.69, 9.17) is 9.47 Å². The highest BCUT2D eigenvalue weighted by atomic mass is 79.9. The van der Waals surface area contributed by atoms with E-state index in [1.807, 2.05) is 41.8 Å². The molecule has 1 atom stereocenters. The van der Waals surface area contributed by atoms with Gasteiger partial charge in [0.2, 0.25) is 5.88 Å². The third kappa shape index (κ3) is 5.40. The molecule has 8 heteroatoms. The minimum absolute atomic E-state index is 0.0558. The molecule has 0 saturated carbocycles. The first-order valence-electron chi connectivity index (χ1n) is 8.35. The maximum atomic E-state index is 12.6. The zero-order valence-corrected chi connectivity index (χ0v) is 17.3. The fourth-order valence-electron chi connectivity index (χ4n) is 2.43. The van der Waals surface area contributed by atoms with Gasteiger partial charge in [0.1, 0.15) is 5.75 Å². The number of methoxy groups -OCH3 is 1. The van der Waals surface area contributed by atoms with Gasteiger partial charge in [-0.1, -0.05) is 28.1 Å². The molecule has 1 aromatic carbocycles. The van der Waals surface area contributed by atoms with Gasteiger partial charge in [0.25, 0.3) is 5.91 Å². The van der Waals surface area contributed by atoms with Crippen LogP contribution in [-0.4, -0.2) is 24.0 Å². The number of carbonyl (C=O) groups is 2. The van der Waals surface area contributed by atoms with Crippen LogP contribution < -0.4 is 10.1 Å². The van der Waals surface area contributed by atoms with Crippen LogP contribution in [0.3, 0.4) is 0 Å². The topological polar surface area (TPSA) is 77.5 Å². The number of hydrogen-bond acceptors (Lipinski definition) is 6. The molecule has 144 valence electrons. The Morgan fingerprint density at radius 1 is 1.21 bits per heavy atom. The first kappa shape index (κ1) is 20.0. The molecule has 0 aliphatic carbocycles. The number of hydrogen-bond donors (Lipinski definition) is 1. The molecule has 3 aromatic rings. The second kappa shape index (κ2) is 9.48. The number of rotatable bonds is 7. The van der Waals surface area contributed by atoms with Crippen molar-refractivity contribution < 1.29 is 19.1 Å². The Hall–Kier alpha value is -2.71. The van der Waals surface area contributed by atoms with Crippen molar-refractivity contribution in [1.29, 1.82) is 0 Å². The lowest BCUT2D eigenvalue weighted by Gasteiger charge is -2.16. The highest BCUT2D eigenvalue weighted by Crippen LogP contribution is 2.24. The molecule has 1 N–H and O–H groups in total. The van der Waals surface area contributed by atoms with Gasteiger partial charge >= 0.3 is 5.97 Å². The number of benzene rings is 1. The zero-order valence-electron chi connectivity index (χ0n) is 14.9. The maximum absolute atomic E-state index is 12.6. The van der Waals surface area contributed by atoms with Crippen molar-refractivity contribution in [3.8, 4) is 11.6 Å². The van der Waals surface area contributed by atoms with Crippen LogP contribution in [-0.2, 0) is 9.53 Å². The lowest BCUT2D eigenvalue weighted by atomic mass is 10.1. The second-order valence-electron chi connectivity index (χ2n) is 5.77. The predicted molar refractivity (Wildman–Crippen MR) is 110 cm³/mol. The van der Waals surface area contributed by atoms with E-state index in [1.165, 1.54) is 24.6 Å². The van der Waals surface area contributed by atoms with Gasteiger partial charge in [-0.05, 0) is 35.7 Å². The van der Waals surface area contributed by atoms with Crippen molar-refractivity contribution in [2.24, 2.45) is 0 Å². The van der Waals surface area contributed by atoms with Gasteiger partial charge in [-0.3, -0.25) is 9.59 Å². The number of nitrogens with one attached hydrogen (secondary N) is 1. The zero-order chi connectivity index (χ0) is 19.9. The lowest BCUT2D eigenvalue weighted by Crippen LogP contribution is -2.30. The Morgan fingerprint density at radius 2 is 2.07 bits per heavy atom. The van der Waals surface area contributed by atoms with Crippen LogP contribution in [0.1, 0.15) is 27.7 Å². The number of pyridine rings is 1. The third-order valence-corrected chi connectivity index (χ3v) is 5.29. The van der Waals surface area contributed by atoms with Crippen molar-refractivity contribution in [1.82, 2.24) is 10.3 Å². The van der Waals surface area contributed by atoms with Gasteiger partial charge in [0, 0.05) is 21.6 Å². The summed E-state index contributed by atoms with van der Waals surface area (Å²) in [6, 6.07) is 13.9. The molecule has 2 aromatic heterocycles. The number of esters is 1. The summed E-state index contributed by atoms with van der Waals surface area (Å²) in [6.45, 7) is 0. The third-order valence-electron chi connectivity index (χ3n) is 3.81. The molecule has 1 unspecified atom stereocenters. The molecular weight excluding hydrogens is 444 g/mol. The highest BCUT2D eigenvalue weighted by molar-refractivity contribution is 9.10. The van der Waals surface area contributed by atoms with Crippen molar-refractivity contribution in [2.75, 3.05) is 7.11 Å². The molecule has 0 saturated heterocycles. The van der Waals surface area contributed by atoms with Gasteiger partial charge in [-0.25, -0.2) is 4.98 Å². The van der Waals surface area contributed by atoms with E-state index in [0.29, 0.717) is 17.2 Å². The highest BCUT2D eigenvalue weighted by Gasteiger charge is 2.20. The fraction of sp³-hybridized carbons (Fsp3) is 0.150. The first-order valence-corrected chi connectivity index (χ1v) is 10.0. The number of aromatic nitrogens is 1. The molecule has 0 spiro atoms. The fourth-order valence-corrected chi connectivity index (χ4v) is 3.59. The van der Waals surface area contributed by atoms with Crippen LogP contribution in [0.5, 0.6) is 11.6 Å². The summed E-state index contributed by atoms with van der Waals surface area (Å²) >= 11 is 4.85. The molecule has 28 heavy (non-hydrogen) atoms. The molecule has 0 aliphatic heterocycles. The molecule has 1 amide bonds. The van der Waals surface area contributed by atoms with Crippen molar-refractivity contribution in [2.45, 2.75) is 12.5 Å². The monoisotopic (exact) mass is 460 g/mol. The summed E-state index contributed by atoms with van der Waals surface area (Å²) in [6.07, 6.45) is 1.49. The van der Waals surface area contributed by atoms with Gasteiger partial charge < -0.3 is 14.8 Å². The number of ether oxygens (including phenoxy) is 2. The summed E-state index contributed by atoms with van der Waals surface area (Å²) in [5.74, 6) is 0.285. The van der Waals surface area contributed by atoms with E-state index in [2.05, 4.69) is 26.2 Å². The van der Waals surface area contributed by atoms with E-state index in [0.717, 1.165) is 9.35 Å².